The quantitative estimate of drug-likeness (QED) is 0.588. The monoisotopic (exact) mass is 455 g/mol. The second-order valence-electron chi connectivity index (χ2n) is 6.17. The molecule has 8 heteroatoms. The number of carbonyl (C=O) groups is 3. The normalized spacial score (nSPS) is 13.8. The summed E-state index contributed by atoms with van der Waals surface area (Å²) in [5.41, 5.74) is 2.65. The summed E-state index contributed by atoms with van der Waals surface area (Å²) in [4.78, 5) is 41.7. The molecule has 1 aliphatic heterocycles. The Morgan fingerprint density at radius 2 is 1.64 bits per heavy atom. The molecular weight excluding hydrogens is 442 g/mol. The molecule has 140 valence electrons. The number of amides is 3. The summed E-state index contributed by atoms with van der Waals surface area (Å²) in [6, 6.07) is 14.2. The third-order valence-corrected chi connectivity index (χ3v) is 5.59. The van der Waals surface area contributed by atoms with E-state index in [2.05, 4.69) is 26.2 Å². The molecule has 4 rings (SSSR count). The second-order valence-corrected chi connectivity index (χ2v) is 7.94. The molecule has 28 heavy (non-hydrogen) atoms. The minimum absolute atomic E-state index is 0.217. The van der Waals surface area contributed by atoms with Crippen molar-refractivity contribution >= 4 is 55.8 Å². The summed E-state index contributed by atoms with van der Waals surface area (Å²) in [6.45, 7) is 0. The van der Waals surface area contributed by atoms with E-state index in [0.29, 0.717) is 16.4 Å². The predicted molar refractivity (Wildman–Crippen MR) is 111 cm³/mol. The van der Waals surface area contributed by atoms with Gasteiger partial charge in [-0.15, -0.1) is 11.3 Å². The van der Waals surface area contributed by atoms with E-state index in [0.717, 1.165) is 20.6 Å². The van der Waals surface area contributed by atoms with Crippen molar-refractivity contribution in [2.75, 3.05) is 10.2 Å². The first-order chi connectivity index (χ1) is 13.5. The number of anilines is 2. The zero-order chi connectivity index (χ0) is 19.7. The van der Waals surface area contributed by atoms with Crippen LogP contribution in [0.25, 0.3) is 11.3 Å². The van der Waals surface area contributed by atoms with Gasteiger partial charge in [0.1, 0.15) is 0 Å². The first-order valence-corrected chi connectivity index (χ1v) is 10.2. The van der Waals surface area contributed by atoms with E-state index < -0.39 is 0 Å². The maximum atomic E-state index is 12.5. The van der Waals surface area contributed by atoms with Crippen LogP contribution in [-0.4, -0.2) is 22.7 Å². The van der Waals surface area contributed by atoms with Crippen LogP contribution in [0.15, 0.2) is 58.4 Å². The number of hydrogen-bond acceptors (Lipinski definition) is 5. The molecule has 2 heterocycles. The van der Waals surface area contributed by atoms with E-state index in [-0.39, 0.29) is 30.6 Å². The first kappa shape index (κ1) is 18.5. The summed E-state index contributed by atoms with van der Waals surface area (Å²) in [7, 11) is 0. The summed E-state index contributed by atoms with van der Waals surface area (Å²) >= 11 is 4.74. The Kier molecular flexibility index (Phi) is 5.06. The van der Waals surface area contributed by atoms with Gasteiger partial charge in [0.2, 0.25) is 11.8 Å². The molecule has 0 bridgehead atoms. The van der Waals surface area contributed by atoms with Crippen LogP contribution in [0.3, 0.4) is 0 Å². The van der Waals surface area contributed by atoms with Gasteiger partial charge >= 0.3 is 0 Å². The van der Waals surface area contributed by atoms with E-state index in [1.807, 2.05) is 29.6 Å². The van der Waals surface area contributed by atoms with Crippen LogP contribution < -0.4 is 10.2 Å². The fourth-order valence-electron chi connectivity index (χ4n) is 2.88. The molecule has 1 N–H and O–H groups in total. The fraction of sp³-hybridized carbons (Fsp3) is 0.100. The molecule has 0 saturated carbocycles. The van der Waals surface area contributed by atoms with Gasteiger partial charge in [0.15, 0.2) is 5.13 Å². The molecule has 0 unspecified atom stereocenters. The van der Waals surface area contributed by atoms with Gasteiger partial charge in [0.25, 0.3) is 5.91 Å². The van der Waals surface area contributed by atoms with Crippen molar-refractivity contribution < 1.29 is 14.4 Å². The van der Waals surface area contributed by atoms with Gasteiger partial charge in [-0.1, -0.05) is 28.1 Å². The molecule has 0 aliphatic carbocycles. The molecule has 3 amide bonds. The number of hydrogen-bond donors (Lipinski definition) is 1. The van der Waals surface area contributed by atoms with Gasteiger partial charge < -0.3 is 0 Å². The number of imide groups is 1. The van der Waals surface area contributed by atoms with Crippen molar-refractivity contribution in [2.45, 2.75) is 12.8 Å². The largest absolute Gasteiger partial charge is 0.298 e. The van der Waals surface area contributed by atoms with Crippen molar-refractivity contribution in [3.8, 4) is 11.3 Å². The topological polar surface area (TPSA) is 79.4 Å². The lowest BCUT2D eigenvalue weighted by Gasteiger charge is -2.13. The zero-order valence-electron chi connectivity index (χ0n) is 14.5. The van der Waals surface area contributed by atoms with E-state index in [1.54, 1.807) is 24.3 Å². The van der Waals surface area contributed by atoms with Crippen LogP contribution in [0.2, 0.25) is 0 Å². The molecule has 2 aromatic carbocycles. The van der Waals surface area contributed by atoms with Crippen molar-refractivity contribution in [1.82, 2.24) is 4.98 Å². The Balaban J connectivity index is 1.46. The minimum Gasteiger partial charge on any atom is -0.298 e. The van der Waals surface area contributed by atoms with Gasteiger partial charge in [0, 0.05) is 33.8 Å². The van der Waals surface area contributed by atoms with Crippen LogP contribution in [0.5, 0.6) is 0 Å². The third-order valence-electron chi connectivity index (χ3n) is 4.30. The van der Waals surface area contributed by atoms with E-state index in [9.17, 15) is 14.4 Å². The number of rotatable bonds is 4. The minimum atomic E-state index is -0.303. The highest BCUT2D eigenvalue weighted by Crippen LogP contribution is 2.27. The average molecular weight is 456 g/mol. The lowest BCUT2D eigenvalue weighted by Crippen LogP contribution is -2.28. The van der Waals surface area contributed by atoms with Crippen molar-refractivity contribution in [3.05, 3.63) is 63.9 Å². The standard InChI is InChI=1S/C20H14BrN3O3S/c21-14-5-1-12(2-6-14)16-11-28-20(22-16)23-19(27)13-3-7-15(8-4-13)24-17(25)9-10-18(24)26/h1-8,11H,9-10H2,(H,22,23,27). The number of thiazole rings is 1. The highest BCUT2D eigenvalue weighted by atomic mass is 79.9. The molecule has 0 radical (unpaired) electrons. The van der Waals surface area contributed by atoms with E-state index in [4.69, 9.17) is 0 Å². The van der Waals surface area contributed by atoms with Gasteiger partial charge in [0.05, 0.1) is 11.4 Å². The number of halogens is 1. The van der Waals surface area contributed by atoms with E-state index in [1.165, 1.54) is 11.3 Å². The van der Waals surface area contributed by atoms with E-state index >= 15 is 0 Å². The summed E-state index contributed by atoms with van der Waals surface area (Å²) in [5, 5.41) is 5.16. The molecular formula is C20H14BrN3O3S. The van der Waals surface area contributed by atoms with Crippen molar-refractivity contribution in [2.24, 2.45) is 0 Å². The highest BCUT2D eigenvalue weighted by molar-refractivity contribution is 9.10. The molecule has 6 nitrogen and oxygen atoms in total. The van der Waals surface area contributed by atoms with Gasteiger partial charge in [-0.05, 0) is 36.4 Å². The zero-order valence-corrected chi connectivity index (χ0v) is 16.9. The van der Waals surface area contributed by atoms with Crippen LogP contribution in [0.1, 0.15) is 23.2 Å². The Bertz CT molecular complexity index is 1050. The number of aromatic nitrogens is 1. The first-order valence-electron chi connectivity index (χ1n) is 8.50. The number of nitrogens with zero attached hydrogens (tertiary/aromatic N) is 2. The van der Waals surface area contributed by atoms with Crippen molar-refractivity contribution in [1.29, 1.82) is 0 Å². The molecule has 0 atom stereocenters. The molecule has 1 aliphatic rings. The molecule has 3 aromatic rings. The summed E-state index contributed by atoms with van der Waals surface area (Å²) < 4.78 is 0.987. The fourth-order valence-corrected chi connectivity index (χ4v) is 3.86. The lowest BCUT2D eigenvalue weighted by molar-refractivity contribution is -0.121. The molecule has 1 aromatic heterocycles. The predicted octanol–water partition coefficient (Wildman–Crippen LogP) is 4.48. The maximum absolute atomic E-state index is 12.5. The van der Waals surface area contributed by atoms with Crippen LogP contribution >= 0.6 is 27.3 Å². The third kappa shape index (κ3) is 3.74. The van der Waals surface area contributed by atoms with Gasteiger partial charge in [-0.2, -0.15) is 0 Å². The van der Waals surface area contributed by atoms with Gasteiger partial charge in [-0.25, -0.2) is 4.98 Å². The smallest absolute Gasteiger partial charge is 0.257 e. The second kappa shape index (κ2) is 7.65. The van der Waals surface area contributed by atoms with Crippen LogP contribution in [-0.2, 0) is 9.59 Å². The number of benzene rings is 2. The summed E-state index contributed by atoms with van der Waals surface area (Å²) in [6.07, 6.45) is 0.456. The summed E-state index contributed by atoms with van der Waals surface area (Å²) in [5.74, 6) is -0.738. The Labute approximate surface area is 173 Å². The van der Waals surface area contributed by atoms with Crippen molar-refractivity contribution in [3.63, 3.8) is 0 Å². The number of carbonyl (C=O) groups excluding carboxylic acids is 3. The van der Waals surface area contributed by atoms with Crippen LogP contribution in [0.4, 0.5) is 10.8 Å². The lowest BCUT2D eigenvalue weighted by atomic mass is 10.2. The van der Waals surface area contributed by atoms with Crippen LogP contribution in [0, 0.1) is 0 Å². The Hall–Kier alpha value is -2.84. The highest BCUT2D eigenvalue weighted by Gasteiger charge is 2.30. The number of nitrogens with one attached hydrogen (secondary N) is 1. The average Bonchev–Trinajstić information content (AvgIpc) is 3.29. The molecule has 1 saturated heterocycles. The SMILES string of the molecule is O=C(Nc1nc(-c2ccc(Br)cc2)cs1)c1ccc(N2C(=O)CCC2=O)cc1. The molecule has 0 spiro atoms. The maximum Gasteiger partial charge on any atom is 0.257 e. The molecule has 1 fully saturated rings. The van der Waals surface area contributed by atoms with Gasteiger partial charge in [-0.3, -0.25) is 24.6 Å². The Morgan fingerprint density at radius 1 is 1.00 bits per heavy atom. The Morgan fingerprint density at radius 3 is 2.29 bits per heavy atom.